The van der Waals surface area contributed by atoms with Gasteiger partial charge in [0.15, 0.2) is 0 Å². The molecular formula is C13H20N2O. The van der Waals surface area contributed by atoms with E-state index >= 15 is 0 Å². The Balaban J connectivity index is 1.73. The minimum absolute atomic E-state index is 0.470. The molecule has 3 N–H and O–H groups in total. The van der Waals surface area contributed by atoms with Crippen LogP contribution in [0.5, 0.6) is 0 Å². The number of ether oxygens (including phenoxy) is 1. The van der Waals surface area contributed by atoms with Gasteiger partial charge in [-0.2, -0.15) is 0 Å². The maximum absolute atomic E-state index is 5.55. The first kappa shape index (κ1) is 11.6. The largest absolute Gasteiger partial charge is 0.381 e. The second-order valence-electron chi connectivity index (χ2n) is 4.43. The number of hydrogen-bond donors (Lipinski definition) is 2. The van der Waals surface area contributed by atoms with Crippen LogP contribution in [0.3, 0.4) is 0 Å². The molecule has 88 valence electrons. The predicted octanol–water partition coefficient (Wildman–Crippen LogP) is 1.41. The normalized spacial score (nSPS) is 24.1. The standard InChI is InChI=1S/C13H20N2O/c1-16-13-6-12(7-13)15-9-11-4-2-10(8-14)3-5-11/h2-5,12-13,15H,6-9,14H2,1H3. The van der Waals surface area contributed by atoms with Crippen molar-refractivity contribution in [2.24, 2.45) is 5.73 Å². The topological polar surface area (TPSA) is 47.3 Å². The molecule has 0 atom stereocenters. The van der Waals surface area contributed by atoms with Gasteiger partial charge in [-0.25, -0.2) is 0 Å². The van der Waals surface area contributed by atoms with Crippen LogP contribution in [0.25, 0.3) is 0 Å². The number of methoxy groups -OCH3 is 1. The van der Waals surface area contributed by atoms with Crippen LogP contribution in [0, 0.1) is 0 Å². The lowest BCUT2D eigenvalue weighted by Crippen LogP contribution is -2.44. The lowest BCUT2D eigenvalue weighted by atomic mass is 9.89. The molecular weight excluding hydrogens is 200 g/mol. The predicted molar refractivity (Wildman–Crippen MR) is 65.0 cm³/mol. The van der Waals surface area contributed by atoms with Gasteiger partial charge in [0, 0.05) is 26.2 Å². The highest BCUT2D eigenvalue weighted by molar-refractivity contribution is 5.22. The SMILES string of the molecule is COC1CC(NCc2ccc(CN)cc2)C1. The number of nitrogens with one attached hydrogen (secondary N) is 1. The Morgan fingerprint density at radius 3 is 2.44 bits per heavy atom. The molecule has 0 amide bonds. The number of rotatable bonds is 5. The molecule has 0 radical (unpaired) electrons. The van der Waals surface area contributed by atoms with Gasteiger partial charge < -0.3 is 15.8 Å². The van der Waals surface area contributed by atoms with Crippen LogP contribution in [0.4, 0.5) is 0 Å². The molecule has 3 heteroatoms. The summed E-state index contributed by atoms with van der Waals surface area (Å²) in [5, 5.41) is 3.53. The highest BCUT2D eigenvalue weighted by atomic mass is 16.5. The molecule has 2 rings (SSSR count). The van der Waals surface area contributed by atoms with Crippen molar-refractivity contribution in [3.63, 3.8) is 0 Å². The molecule has 0 spiro atoms. The second-order valence-corrected chi connectivity index (χ2v) is 4.43. The molecule has 0 aromatic heterocycles. The van der Waals surface area contributed by atoms with E-state index in [9.17, 15) is 0 Å². The van der Waals surface area contributed by atoms with E-state index in [2.05, 4.69) is 29.6 Å². The molecule has 1 aliphatic rings. The van der Waals surface area contributed by atoms with E-state index in [0.29, 0.717) is 18.7 Å². The molecule has 0 bridgehead atoms. The number of hydrogen-bond acceptors (Lipinski definition) is 3. The zero-order valence-electron chi connectivity index (χ0n) is 9.78. The van der Waals surface area contributed by atoms with Crippen molar-refractivity contribution < 1.29 is 4.74 Å². The van der Waals surface area contributed by atoms with Crippen LogP contribution in [0.1, 0.15) is 24.0 Å². The van der Waals surface area contributed by atoms with Crippen molar-refractivity contribution in [1.82, 2.24) is 5.32 Å². The van der Waals surface area contributed by atoms with Crippen LogP contribution in [-0.4, -0.2) is 19.3 Å². The third kappa shape index (κ3) is 2.82. The molecule has 1 aromatic rings. The van der Waals surface area contributed by atoms with Crippen molar-refractivity contribution in [2.75, 3.05) is 7.11 Å². The van der Waals surface area contributed by atoms with Crippen molar-refractivity contribution in [3.05, 3.63) is 35.4 Å². The molecule has 0 unspecified atom stereocenters. The Morgan fingerprint density at radius 1 is 1.25 bits per heavy atom. The van der Waals surface area contributed by atoms with Crippen molar-refractivity contribution in [1.29, 1.82) is 0 Å². The summed E-state index contributed by atoms with van der Waals surface area (Å²) in [6, 6.07) is 9.09. The van der Waals surface area contributed by atoms with Gasteiger partial charge in [-0.3, -0.25) is 0 Å². The average Bonchev–Trinajstić information content (AvgIpc) is 2.28. The van der Waals surface area contributed by atoms with Gasteiger partial charge in [0.1, 0.15) is 0 Å². The molecule has 16 heavy (non-hydrogen) atoms. The van der Waals surface area contributed by atoms with E-state index in [4.69, 9.17) is 10.5 Å². The van der Waals surface area contributed by atoms with Gasteiger partial charge in [0.25, 0.3) is 0 Å². The summed E-state index contributed by atoms with van der Waals surface area (Å²) in [7, 11) is 1.78. The number of nitrogens with two attached hydrogens (primary N) is 1. The summed E-state index contributed by atoms with van der Waals surface area (Å²) in [4.78, 5) is 0. The van der Waals surface area contributed by atoms with Crippen molar-refractivity contribution in [3.8, 4) is 0 Å². The summed E-state index contributed by atoms with van der Waals surface area (Å²) in [6.07, 6.45) is 2.74. The summed E-state index contributed by atoms with van der Waals surface area (Å²) >= 11 is 0. The maximum atomic E-state index is 5.55. The fraction of sp³-hybridized carbons (Fsp3) is 0.538. The molecule has 0 heterocycles. The summed E-state index contributed by atoms with van der Waals surface area (Å²) in [6.45, 7) is 1.55. The minimum atomic E-state index is 0.470. The Bertz CT molecular complexity index is 317. The Kier molecular flexibility index (Phi) is 3.93. The number of benzene rings is 1. The van der Waals surface area contributed by atoms with E-state index in [0.717, 1.165) is 19.4 Å². The monoisotopic (exact) mass is 220 g/mol. The van der Waals surface area contributed by atoms with Crippen LogP contribution < -0.4 is 11.1 Å². The van der Waals surface area contributed by atoms with Gasteiger partial charge in [-0.15, -0.1) is 0 Å². The van der Waals surface area contributed by atoms with Crippen molar-refractivity contribution in [2.45, 2.75) is 38.1 Å². The summed E-state index contributed by atoms with van der Waals surface area (Å²) in [5.74, 6) is 0. The lowest BCUT2D eigenvalue weighted by molar-refractivity contribution is 0.0170. The molecule has 1 fully saturated rings. The molecule has 0 saturated heterocycles. The highest BCUT2D eigenvalue weighted by Crippen LogP contribution is 2.22. The van der Waals surface area contributed by atoms with Gasteiger partial charge >= 0.3 is 0 Å². The third-order valence-electron chi connectivity index (χ3n) is 3.28. The van der Waals surface area contributed by atoms with E-state index in [1.54, 1.807) is 7.11 Å². The first-order valence-electron chi connectivity index (χ1n) is 5.86. The van der Waals surface area contributed by atoms with E-state index in [-0.39, 0.29) is 0 Å². The van der Waals surface area contributed by atoms with Crippen LogP contribution in [0.2, 0.25) is 0 Å². The summed E-state index contributed by atoms with van der Waals surface area (Å²) < 4.78 is 5.24. The van der Waals surface area contributed by atoms with Gasteiger partial charge in [-0.05, 0) is 24.0 Å². The van der Waals surface area contributed by atoms with E-state index < -0.39 is 0 Å². The van der Waals surface area contributed by atoms with Gasteiger partial charge in [-0.1, -0.05) is 24.3 Å². The first-order valence-corrected chi connectivity index (χ1v) is 5.86. The second kappa shape index (κ2) is 5.43. The molecule has 1 aliphatic carbocycles. The van der Waals surface area contributed by atoms with Gasteiger partial charge in [0.05, 0.1) is 6.10 Å². The smallest absolute Gasteiger partial charge is 0.0601 e. The Labute approximate surface area is 97.0 Å². The van der Waals surface area contributed by atoms with Crippen LogP contribution in [-0.2, 0) is 17.8 Å². The average molecular weight is 220 g/mol. The Hall–Kier alpha value is -0.900. The minimum Gasteiger partial charge on any atom is -0.381 e. The van der Waals surface area contributed by atoms with E-state index in [1.807, 2.05) is 0 Å². The molecule has 0 aliphatic heterocycles. The summed E-state index contributed by atoms with van der Waals surface area (Å²) in [5.41, 5.74) is 8.06. The van der Waals surface area contributed by atoms with Crippen LogP contribution in [0.15, 0.2) is 24.3 Å². The molecule has 1 aromatic carbocycles. The zero-order chi connectivity index (χ0) is 11.4. The third-order valence-corrected chi connectivity index (χ3v) is 3.28. The van der Waals surface area contributed by atoms with Crippen LogP contribution >= 0.6 is 0 Å². The van der Waals surface area contributed by atoms with Gasteiger partial charge in [0.2, 0.25) is 0 Å². The zero-order valence-corrected chi connectivity index (χ0v) is 9.78. The fourth-order valence-electron chi connectivity index (χ4n) is 1.98. The Morgan fingerprint density at radius 2 is 1.88 bits per heavy atom. The quantitative estimate of drug-likeness (QED) is 0.789. The first-order chi connectivity index (χ1) is 7.81. The molecule has 1 saturated carbocycles. The van der Waals surface area contributed by atoms with E-state index in [1.165, 1.54) is 11.1 Å². The highest BCUT2D eigenvalue weighted by Gasteiger charge is 2.28. The van der Waals surface area contributed by atoms with Crippen molar-refractivity contribution >= 4 is 0 Å². The lowest BCUT2D eigenvalue weighted by Gasteiger charge is -2.34. The fourth-order valence-corrected chi connectivity index (χ4v) is 1.98. The maximum Gasteiger partial charge on any atom is 0.0601 e. The molecule has 3 nitrogen and oxygen atoms in total.